The zero-order valence-corrected chi connectivity index (χ0v) is 10.3. The van der Waals surface area contributed by atoms with Crippen molar-refractivity contribution < 1.29 is 4.39 Å². The monoisotopic (exact) mass is 249 g/mol. The van der Waals surface area contributed by atoms with Crippen molar-refractivity contribution in [3.05, 3.63) is 64.6 Å². The first-order valence-corrected chi connectivity index (χ1v) is 5.79. The van der Waals surface area contributed by atoms with Gasteiger partial charge in [-0.1, -0.05) is 29.8 Å². The first-order chi connectivity index (χ1) is 8.20. The zero-order chi connectivity index (χ0) is 12.3. The second kappa shape index (κ2) is 5.19. The normalized spacial score (nSPS) is 15.0. The van der Waals surface area contributed by atoms with Gasteiger partial charge in [-0.2, -0.15) is 0 Å². The molecule has 0 saturated heterocycles. The van der Waals surface area contributed by atoms with E-state index in [4.69, 9.17) is 11.6 Å². The Kier molecular flexibility index (Phi) is 3.64. The lowest BCUT2D eigenvalue weighted by Crippen LogP contribution is -2.01. The quantitative estimate of drug-likeness (QED) is 0.838. The van der Waals surface area contributed by atoms with Gasteiger partial charge in [-0.25, -0.2) is 4.39 Å². The van der Waals surface area contributed by atoms with Crippen molar-refractivity contribution in [3.63, 3.8) is 0 Å². The maximum Gasteiger partial charge on any atom is 0.141 e. The lowest BCUT2D eigenvalue weighted by molar-refractivity contribution is 0.628. The highest BCUT2D eigenvalue weighted by Crippen LogP contribution is 2.25. The van der Waals surface area contributed by atoms with Crippen LogP contribution in [-0.4, -0.2) is 7.05 Å². The summed E-state index contributed by atoms with van der Waals surface area (Å²) in [5.74, 6) is -0.383. The highest BCUT2D eigenvalue weighted by molar-refractivity contribution is 6.30. The van der Waals surface area contributed by atoms with E-state index in [0.717, 1.165) is 23.3 Å². The van der Waals surface area contributed by atoms with Crippen molar-refractivity contribution in [3.8, 4) is 0 Å². The fourth-order valence-corrected chi connectivity index (χ4v) is 1.88. The van der Waals surface area contributed by atoms with Crippen molar-refractivity contribution in [2.75, 3.05) is 7.05 Å². The number of benzene rings is 1. The third-order valence-corrected chi connectivity index (χ3v) is 2.97. The summed E-state index contributed by atoms with van der Waals surface area (Å²) in [6, 6.07) is 4.81. The fourth-order valence-electron chi connectivity index (χ4n) is 1.70. The Morgan fingerprint density at radius 2 is 2.12 bits per heavy atom. The van der Waals surface area contributed by atoms with Gasteiger partial charge in [0.1, 0.15) is 5.82 Å². The van der Waals surface area contributed by atoms with Crippen molar-refractivity contribution in [1.82, 2.24) is 5.32 Å². The molecule has 0 spiro atoms. The summed E-state index contributed by atoms with van der Waals surface area (Å²) in [7, 11) is 1.88. The van der Waals surface area contributed by atoms with E-state index in [9.17, 15) is 4.39 Å². The Bertz CT molecular complexity index is 515. The number of likely N-dealkylation sites (N-methyl/N-ethyl adjacent to an activating group) is 1. The number of allylic oxidation sites excluding steroid dienone is 5. The third kappa shape index (κ3) is 2.77. The molecule has 0 heterocycles. The van der Waals surface area contributed by atoms with Gasteiger partial charge in [0.2, 0.25) is 0 Å². The Labute approximate surface area is 105 Å². The minimum absolute atomic E-state index is 0.162. The Hall–Kier alpha value is -1.54. The maximum atomic E-state index is 13.1. The second-order valence-electron chi connectivity index (χ2n) is 3.80. The summed E-state index contributed by atoms with van der Waals surface area (Å²) < 4.78 is 13.1. The van der Waals surface area contributed by atoms with E-state index in [2.05, 4.69) is 11.4 Å². The Morgan fingerprint density at radius 3 is 2.82 bits per heavy atom. The number of hydrogen-bond donors (Lipinski definition) is 1. The van der Waals surface area contributed by atoms with Crippen LogP contribution in [0.5, 0.6) is 0 Å². The molecule has 3 heteroatoms. The average molecular weight is 250 g/mol. The van der Waals surface area contributed by atoms with Gasteiger partial charge >= 0.3 is 0 Å². The molecule has 17 heavy (non-hydrogen) atoms. The summed E-state index contributed by atoms with van der Waals surface area (Å²) in [5.41, 5.74) is 3.12. The molecule has 1 aliphatic carbocycles. The Balaban J connectivity index is 2.34. The van der Waals surface area contributed by atoms with Gasteiger partial charge in [0.05, 0.1) is 5.02 Å². The van der Waals surface area contributed by atoms with E-state index in [1.807, 2.05) is 25.3 Å². The van der Waals surface area contributed by atoms with E-state index in [-0.39, 0.29) is 10.8 Å². The summed E-state index contributed by atoms with van der Waals surface area (Å²) in [4.78, 5) is 0. The van der Waals surface area contributed by atoms with Gasteiger partial charge in [0, 0.05) is 12.7 Å². The van der Waals surface area contributed by atoms with Gasteiger partial charge in [-0.3, -0.25) is 0 Å². The molecule has 0 bridgehead atoms. The van der Waals surface area contributed by atoms with Gasteiger partial charge in [-0.15, -0.1) is 0 Å². The standard InChI is InChI=1S/C14H13ClFN/c1-17-12-4-2-3-10(5-7-12)11-6-8-14(16)13(15)9-11/h2,4-9,17H,3H2,1H3. The molecule has 0 radical (unpaired) electrons. The van der Waals surface area contributed by atoms with E-state index >= 15 is 0 Å². The fraction of sp³-hybridized carbons (Fsp3) is 0.143. The van der Waals surface area contributed by atoms with Gasteiger partial charge in [0.25, 0.3) is 0 Å². The highest BCUT2D eigenvalue weighted by atomic mass is 35.5. The van der Waals surface area contributed by atoms with Crippen LogP contribution in [0.15, 0.2) is 48.2 Å². The summed E-state index contributed by atoms with van der Waals surface area (Å²) in [6.45, 7) is 0. The minimum Gasteiger partial charge on any atom is -0.388 e. The van der Waals surface area contributed by atoms with E-state index in [0.29, 0.717) is 0 Å². The summed E-state index contributed by atoms with van der Waals surface area (Å²) in [5, 5.41) is 3.24. The molecule has 1 aromatic rings. The lowest BCUT2D eigenvalue weighted by Gasteiger charge is -2.04. The first kappa shape index (κ1) is 11.9. The summed E-state index contributed by atoms with van der Waals surface area (Å²) in [6.07, 6.45) is 8.92. The smallest absolute Gasteiger partial charge is 0.141 e. The molecule has 0 saturated carbocycles. The number of rotatable bonds is 2. The highest BCUT2D eigenvalue weighted by Gasteiger charge is 2.05. The van der Waals surface area contributed by atoms with Crippen LogP contribution in [0, 0.1) is 5.82 Å². The predicted molar refractivity (Wildman–Crippen MR) is 70.3 cm³/mol. The molecule has 1 aromatic carbocycles. The van der Waals surface area contributed by atoms with Crippen LogP contribution in [0.2, 0.25) is 5.02 Å². The van der Waals surface area contributed by atoms with Crippen molar-refractivity contribution in [2.45, 2.75) is 6.42 Å². The first-order valence-electron chi connectivity index (χ1n) is 5.41. The molecule has 0 aromatic heterocycles. The molecule has 0 aliphatic heterocycles. The third-order valence-electron chi connectivity index (χ3n) is 2.68. The molecule has 1 aliphatic rings. The van der Waals surface area contributed by atoms with Crippen LogP contribution in [0.25, 0.3) is 5.57 Å². The van der Waals surface area contributed by atoms with E-state index < -0.39 is 0 Å². The SMILES string of the molecule is CNC1=CC=C(c2ccc(F)c(Cl)c2)CC=C1. The van der Waals surface area contributed by atoms with E-state index in [1.54, 1.807) is 12.1 Å². The number of halogens is 2. The number of nitrogens with one attached hydrogen (secondary N) is 1. The Morgan fingerprint density at radius 1 is 1.29 bits per heavy atom. The van der Waals surface area contributed by atoms with Gasteiger partial charge < -0.3 is 5.32 Å². The van der Waals surface area contributed by atoms with Gasteiger partial charge in [0.15, 0.2) is 0 Å². The summed E-state index contributed by atoms with van der Waals surface area (Å²) >= 11 is 5.78. The van der Waals surface area contributed by atoms with Crippen molar-refractivity contribution in [2.24, 2.45) is 0 Å². The molecule has 1 nitrogen and oxygen atoms in total. The van der Waals surface area contributed by atoms with Crippen LogP contribution in [0.3, 0.4) is 0 Å². The topological polar surface area (TPSA) is 12.0 Å². The molecule has 0 amide bonds. The minimum atomic E-state index is -0.383. The predicted octanol–water partition coefficient (Wildman–Crippen LogP) is 3.93. The van der Waals surface area contributed by atoms with Crippen LogP contribution in [0.4, 0.5) is 4.39 Å². The number of hydrogen-bond acceptors (Lipinski definition) is 1. The van der Waals surface area contributed by atoms with Crippen LogP contribution >= 0.6 is 11.6 Å². The van der Waals surface area contributed by atoms with Gasteiger partial charge in [-0.05, 0) is 41.8 Å². The average Bonchev–Trinajstić information content (AvgIpc) is 2.58. The maximum absolute atomic E-state index is 13.1. The molecular weight excluding hydrogens is 237 g/mol. The largest absolute Gasteiger partial charge is 0.388 e. The van der Waals surface area contributed by atoms with Crippen LogP contribution in [-0.2, 0) is 0 Å². The van der Waals surface area contributed by atoms with Crippen molar-refractivity contribution in [1.29, 1.82) is 0 Å². The molecule has 2 rings (SSSR count). The molecule has 88 valence electrons. The van der Waals surface area contributed by atoms with Crippen LogP contribution in [0.1, 0.15) is 12.0 Å². The van der Waals surface area contributed by atoms with Crippen LogP contribution < -0.4 is 5.32 Å². The zero-order valence-electron chi connectivity index (χ0n) is 9.50. The van der Waals surface area contributed by atoms with E-state index in [1.165, 1.54) is 6.07 Å². The molecular formula is C14H13ClFN. The molecule has 0 atom stereocenters. The lowest BCUT2D eigenvalue weighted by atomic mass is 10.0. The molecule has 0 unspecified atom stereocenters. The van der Waals surface area contributed by atoms with Crippen molar-refractivity contribution >= 4 is 17.2 Å². The molecule has 0 fully saturated rings. The molecule has 1 N–H and O–H groups in total. The second-order valence-corrected chi connectivity index (χ2v) is 4.21.